The van der Waals surface area contributed by atoms with Gasteiger partial charge in [-0.3, -0.25) is 19.5 Å². The maximum Gasteiger partial charge on any atom is 0.232 e. The number of hydrogen-bond donors (Lipinski definition) is 1. The predicted octanol–water partition coefficient (Wildman–Crippen LogP) is 5.18. The molecular weight excluding hydrogens is 430 g/mol. The summed E-state index contributed by atoms with van der Waals surface area (Å²) in [5, 5.41) is 3.20. The van der Waals surface area contributed by atoms with Crippen LogP contribution in [-0.2, 0) is 16.0 Å². The number of anilines is 3. The van der Waals surface area contributed by atoms with Crippen molar-refractivity contribution in [2.24, 2.45) is 0 Å². The van der Waals surface area contributed by atoms with Gasteiger partial charge in [-0.05, 0) is 29.8 Å². The fourth-order valence-electron chi connectivity index (χ4n) is 2.75. The van der Waals surface area contributed by atoms with Crippen LogP contribution in [0.15, 0.2) is 55.0 Å². The smallest absolute Gasteiger partial charge is 0.232 e. The Morgan fingerprint density at radius 1 is 1.10 bits per heavy atom. The monoisotopic (exact) mass is 446 g/mol. The van der Waals surface area contributed by atoms with Crippen molar-refractivity contribution in [2.45, 2.75) is 19.8 Å². The Labute approximate surface area is 182 Å². The lowest BCUT2D eigenvalue weighted by Gasteiger charge is -2.22. The van der Waals surface area contributed by atoms with Crippen LogP contribution in [0.4, 0.5) is 21.6 Å². The molecule has 2 heterocycles. The minimum atomic E-state index is -0.474. The van der Waals surface area contributed by atoms with Crippen molar-refractivity contribution in [3.05, 3.63) is 76.4 Å². The second-order valence-electron chi connectivity index (χ2n) is 6.27. The Morgan fingerprint density at radius 3 is 2.60 bits per heavy atom. The molecule has 2 amide bonds. The molecule has 0 saturated heterocycles. The summed E-state index contributed by atoms with van der Waals surface area (Å²) in [4.78, 5) is 34.6. The quantitative estimate of drug-likeness (QED) is 0.565. The summed E-state index contributed by atoms with van der Waals surface area (Å²) >= 11 is 12.2. The molecule has 0 atom stereocenters. The lowest BCUT2D eigenvalue weighted by Crippen LogP contribution is -2.26. The first-order valence-corrected chi connectivity index (χ1v) is 9.77. The number of rotatable bonds is 6. The molecule has 0 bridgehead atoms. The van der Waals surface area contributed by atoms with Crippen LogP contribution in [0.2, 0.25) is 10.0 Å². The molecular formula is C21H17Cl2FN4O2. The van der Waals surface area contributed by atoms with Crippen molar-refractivity contribution in [2.75, 3.05) is 10.2 Å². The summed E-state index contributed by atoms with van der Waals surface area (Å²) in [6, 6.07) is 8.62. The van der Waals surface area contributed by atoms with Crippen LogP contribution >= 0.6 is 23.2 Å². The molecule has 154 valence electrons. The van der Waals surface area contributed by atoms with Crippen molar-refractivity contribution in [3.8, 4) is 0 Å². The standard InChI is InChI=1S/C21H17Cl2FN4O2/c1-2-21(30)28(18-6-7-25-12-17(18)23)19-11-15(5-8-26-19)27-20(29)9-13-3-4-14(24)10-16(13)22/h3-8,10-12H,2,9H2,1H3,(H,26,27,29). The molecule has 0 fully saturated rings. The minimum Gasteiger partial charge on any atom is -0.326 e. The van der Waals surface area contributed by atoms with Crippen molar-refractivity contribution in [3.63, 3.8) is 0 Å². The van der Waals surface area contributed by atoms with Crippen LogP contribution in [0.1, 0.15) is 18.9 Å². The normalized spacial score (nSPS) is 10.5. The number of halogens is 3. The Bertz CT molecular complexity index is 1090. The molecule has 6 nitrogen and oxygen atoms in total. The van der Waals surface area contributed by atoms with Gasteiger partial charge in [0.1, 0.15) is 11.6 Å². The van der Waals surface area contributed by atoms with Crippen molar-refractivity contribution >= 4 is 52.2 Å². The molecule has 0 radical (unpaired) electrons. The highest BCUT2D eigenvalue weighted by Crippen LogP contribution is 2.31. The van der Waals surface area contributed by atoms with E-state index in [0.717, 1.165) is 6.07 Å². The summed E-state index contributed by atoms with van der Waals surface area (Å²) in [5.41, 5.74) is 1.37. The first-order valence-electron chi connectivity index (χ1n) is 9.01. The van der Waals surface area contributed by atoms with Gasteiger partial charge in [0.25, 0.3) is 0 Å². The maximum absolute atomic E-state index is 13.2. The van der Waals surface area contributed by atoms with Crippen LogP contribution < -0.4 is 10.2 Å². The van der Waals surface area contributed by atoms with E-state index >= 15 is 0 Å². The molecule has 9 heteroatoms. The van der Waals surface area contributed by atoms with Gasteiger partial charge in [0.2, 0.25) is 11.8 Å². The zero-order valence-corrected chi connectivity index (χ0v) is 17.4. The number of carbonyl (C=O) groups is 2. The third-order valence-corrected chi connectivity index (χ3v) is 4.81. The highest BCUT2D eigenvalue weighted by molar-refractivity contribution is 6.34. The molecule has 1 N–H and O–H groups in total. The summed E-state index contributed by atoms with van der Waals surface area (Å²) in [6.45, 7) is 1.72. The number of amides is 2. The van der Waals surface area contributed by atoms with E-state index in [9.17, 15) is 14.0 Å². The highest BCUT2D eigenvalue weighted by atomic mass is 35.5. The first-order chi connectivity index (χ1) is 14.4. The zero-order valence-electron chi connectivity index (χ0n) is 15.9. The van der Waals surface area contributed by atoms with Crippen LogP contribution in [0.3, 0.4) is 0 Å². The number of nitrogens with one attached hydrogen (secondary N) is 1. The number of nitrogens with zero attached hydrogens (tertiary/aromatic N) is 3. The van der Waals surface area contributed by atoms with Gasteiger partial charge in [0.05, 0.1) is 17.1 Å². The van der Waals surface area contributed by atoms with Gasteiger partial charge in [-0.15, -0.1) is 0 Å². The molecule has 30 heavy (non-hydrogen) atoms. The van der Waals surface area contributed by atoms with E-state index in [-0.39, 0.29) is 29.7 Å². The summed E-state index contributed by atoms with van der Waals surface area (Å²) in [7, 11) is 0. The van der Waals surface area contributed by atoms with Gasteiger partial charge in [0, 0.05) is 41.8 Å². The van der Waals surface area contributed by atoms with E-state index in [2.05, 4.69) is 15.3 Å². The lowest BCUT2D eigenvalue weighted by molar-refractivity contribution is -0.117. The number of carbonyl (C=O) groups excluding carboxylic acids is 2. The number of pyridine rings is 2. The molecule has 0 aliphatic heterocycles. The molecule has 3 rings (SSSR count). The molecule has 2 aromatic heterocycles. The molecule has 0 spiro atoms. The molecule has 0 aliphatic rings. The van der Waals surface area contributed by atoms with Crippen LogP contribution in [0.5, 0.6) is 0 Å². The summed E-state index contributed by atoms with van der Waals surface area (Å²) in [5.74, 6) is -0.751. The van der Waals surface area contributed by atoms with Gasteiger partial charge < -0.3 is 5.32 Å². The second-order valence-corrected chi connectivity index (χ2v) is 7.09. The molecule has 3 aromatic rings. The summed E-state index contributed by atoms with van der Waals surface area (Å²) in [6.07, 6.45) is 4.62. The third kappa shape index (κ3) is 5.11. The largest absolute Gasteiger partial charge is 0.326 e. The van der Waals surface area contributed by atoms with Gasteiger partial charge in [-0.25, -0.2) is 9.37 Å². The van der Waals surface area contributed by atoms with E-state index in [0.29, 0.717) is 27.8 Å². The highest BCUT2D eigenvalue weighted by Gasteiger charge is 2.21. The van der Waals surface area contributed by atoms with E-state index in [1.807, 2.05) is 0 Å². The van der Waals surface area contributed by atoms with E-state index in [4.69, 9.17) is 23.2 Å². The topological polar surface area (TPSA) is 75.2 Å². The Balaban J connectivity index is 1.84. The number of hydrogen-bond acceptors (Lipinski definition) is 4. The number of aromatic nitrogens is 2. The van der Waals surface area contributed by atoms with Crippen LogP contribution in [-0.4, -0.2) is 21.8 Å². The van der Waals surface area contributed by atoms with Crippen molar-refractivity contribution in [1.29, 1.82) is 0 Å². The Kier molecular flexibility index (Phi) is 6.97. The van der Waals surface area contributed by atoms with E-state index in [1.54, 1.807) is 25.1 Å². The van der Waals surface area contributed by atoms with E-state index < -0.39 is 5.82 Å². The van der Waals surface area contributed by atoms with Crippen LogP contribution in [0, 0.1) is 5.82 Å². The molecule has 0 saturated carbocycles. The lowest BCUT2D eigenvalue weighted by atomic mass is 10.1. The minimum absolute atomic E-state index is 0.0371. The Morgan fingerprint density at radius 2 is 1.90 bits per heavy atom. The fourth-order valence-corrected chi connectivity index (χ4v) is 3.19. The van der Waals surface area contributed by atoms with Gasteiger partial charge in [-0.2, -0.15) is 0 Å². The Hall–Kier alpha value is -3.03. The average molecular weight is 447 g/mol. The predicted molar refractivity (Wildman–Crippen MR) is 115 cm³/mol. The van der Waals surface area contributed by atoms with Crippen molar-refractivity contribution in [1.82, 2.24) is 9.97 Å². The van der Waals surface area contributed by atoms with E-state index in [1.165, 1.54) is 35.6 Å². The van der Waals surface area contributed by atoms with Gasteiger partial charge in [0.15, 0.2) is 0 Å². The average Bonchev–Trinajstić information content (AvgIpc) is 2.72. The third-order valence-electron chi connectivity index (χ3n) is 4.17. The molecule has 0 aliphatic carbocycles. The number of benzene rings is 1. The van der Waals surface area contributed by atoms with Gasteiger partial charge in [-0.1, -0.05) is 36.2 Å². The van der Waals surface area contributed by atoms with Crippen molar-refractivity contribution < 1.29 is 14.0 Å². The fraction of sp³-hybridized carbons (Fsp3) is 0.143. The second kappa shape index (κ2) is 9.65. The van der Waals surface area contributed by atoms with Gasteiger partial charge >= 0.3 is 0 Å². The maximum atomic E-state index is 13.2. The SMILES string of the molecule is CCC(=O)N(c1cc(NC(=O)Cc2ccc(F)cc2Cl)ccn1)c1ccncc1Cl. The molecule has 1 aromatic carbocycles. The molecule has 0 unspecified atom stereocenters. The first kappa shape index (κ1) is 21.7. The zero-order chi connectivity index (χ0) is 21.7. The van der Waals surface area contributed by atoms with Crippen LogP contribution in [0.25, 0.3) is 0 Å². The summed E-state index contributed by atoms with van der Waals surface area (Å²) < 4.78 is 13.2.